The fourth-order valence-corrected chi connectivity index (χ4v) is 6.18. The third-order valence-corrected chi connectivity index (χ3v) is 8.78. The van der Waals surface area contributed by atoms with E-state index >= 15 is 0 Å². The number of carbonyl (C=O) groups is 3. The fraction of sp³-hybridized carbons (Fsp3) is 0.633. The highest BCUT2D eigenvalue weighted by Gasteiger charge is 2.55. The summed E-state index contributed by atoms with van der Waals surface area (Å²) in [6.45, 7) is 9.84. The average Bonchev–Trinajstić information content (AvgIpc) is 3.88. The molecule has 1 saturated heterocycles. The molecule has 0 bridgehead atoms. The van der Waals surface area contributed by atoms with Gasteiger partial charge >= 0.3 is 18.0 Å². The lowest BCUT2D eigenvalue weighted by Gasteiger charge is -2.40. The van der Waals surface area contributed by atoms with E-state index in [4.69, 9.17) is 37.4 Å². The maximum atomic E-state index is 13.2. The molecule has 3 fully saturated rings. The maximum absolute atomic E-state index is 13.2. The Morgan fingerprint density at radius 1 is 0.889 bits per heavy atom. The molecule has 2 unspecified atom stereocenters. The number of likely N-dealkylation sites (tertiary alicyclic amines) is 1. The zero-order valence-electron chi connectivity index (χ0n) is 26.1. The van der Waals surface area contributed by atoms with Crippen LogP contribution in [0.5, 0.6) is 0 Å². The molecule has 13 nitrogen and oxygen atoms in total. The molecule has 2 N–H and O–H groups in total. The number of carbonyl (C=O) groups excluding carboxylic acids is 3. The molecule has 3 heterocycles. The van der Waals surface area contributed by atoms with Crippen LogP contribution in [0.1, 0.15) is 84.3 Å². The van der Waals surface area contributed by atoms with Crippen molar-refractivity contribution in [1.29, 1.82) is 0 Å². The van der Waals surface area contributed by atoms with E-state index in [-0.39, 0.29) is 47.4 Å². The Balaban J connectivity index is 1.32. The Morgan fingerprint density at radius 2 is 1.38 bits per heavy atom. The van der Waals surface area contributed by atoms with Crippen LogP contribution < -0.4 is 10.6 Å². The van der Waals surface area contributed by atoms with Crippen LogP contribution in [-0.2, 0) is 34.6 Å². The predicted molar refractivity (Wildman–Crippen MR) is 166 cm³/mol. The molecule has 2 aromatic heterocycles. The quantitative estimate of drug-likeness (QED) is 0.199. The highest BCUT2D eigenvalue weighted by molar-refractivity contribution is 6.31. The molecule has 15 heteroatoms. The minimum absolute atomic E-state index is 0.145. The van der Waals surface area contributed by atoms with Crippen molar-refractivity contribution in [3.8, 4) is 0 Å². The van der Waals surface area contributed by atoms with Gasteiger partial charge in [0.05, 0.1) is 24.0 Å². The number of rotatable bonds is 10. The van der Waals surface area contributed by atoms with Gasteiger partial charge in [-0.15, -0.1) is 0 Å². The molecular formula is C30H39Cl2N7O6. The molecule has 2 atom stereocenters. The Kier molecular flexibility index (Phi) is 9.33. The first kappa shape index (κ1) is 32.9. The van der Waals surface area contributed by atoms with Gasteiger partial charge in [0, 0.05) is 42.5 Å². The van der Waals surface area contributed by atoms with E-state index in [0.717, 1.165) is 0 Å². The lowest BCUT2D eigenvalue weighted by atomic mass is 9.99. The van der Waals surface area contributed by atoms with E-state index < -0.39 is 28.7 Å². The molecule has 0 radical (unpaired) electrons. The van der Waals surface area contributed by atoms with Gasteiger partial charge in [0.1, 0.15) is 22.1 Å². The summed E-state index contributed by atoms with van der Waals surface area (Å²) in [5.41, 5.74) is -1.22. The van der Waals surface area contributed by atoms with Crippen molar-refractivity contribution < 1.29 is 28.6 Å². The molecule has 3 aliphatic rings. The predicted octanol–water partition coefficient (Wildman–Crippen LogP) is 5.01. The topological polar surface area (TPSA) is 158 Å². The van der Waals surface area contributed by atoms with Crippen LogP contribution in [0.2, 0.25) is 10.3 Å². The van der Waals surface area contributed by atoms with E-state index in [9.17, 15) is 14.4 Å². The molecule has 0 spiro atoms. The summed E-state index contributed by atoms with van der Waals surface area (Å²) in [4.78, 5) is 57.7. The molecule has 45 heavy (non-hydrogen) atoms. The second kappa shape index (κ2) is 12.7. The van der Waals surface area contributed by atoms with Crippen LogP contribution in [0.4, 0.5) is 16.7 Å². The molecule has 2 aromatic rings. The monoisotopic (exact) mass is 663 g/mol. The van der Waals surface area contributed by atoms with Crippen molar-refractivity contribution in [3.63, 3.8) is 0 Å². The number of halogens is 2. The molecular weight excluding hydrogens is 625 g/mol. The van der Waals surface area contributed by atoms with Crippen molar-refractivity contribution in [2.24, 2.45) is 0 Å². The van der Waals surface area contributed by atoms with E-state index in [1.807, 2.05) is 0 Å². The summed E-state index contributed by atoms with van der Waals surface area (Å²) in [7, 11) is 0. The SMILES string of the molecule is CCOC(=O)C1(c2cnc(NC3CCN(C(=O)OC(C)(C)C)C(Nc4ncc(C5(C(=O)OCC)CC5)c(Cl)n4)C3)nc2Cl)CC1. The Bertz CT molecular complexity index is 1460. The van der Waals surface area contributed by atoms with Gasteiger partial charge in [0.15, 0.2) is 0 Å². The zero-order chi connectivity index (χ0) is 32.6. The van der Waals surface area contributed by atoms with Crippen LogP contribution in [0.3, 0.4) is 0 Å². The maximum Gasteiger partial charge on any atom is 0.411 e. The first-order chi connectivity index (χ1) is 21.3. The van der Waals surface area contributed by atoms with Gasteiger partial charge in [-0.3, -0.25) is 14.5 Å². The minimum atomic E-state index is -0.819. The number of hydrogen-bond acceptors (Lipinski definition) is 12. The normalized spacial score (nSPS) is 21.4. The standard InChI is InChI=1S/C30H39Cl2N7O6/c1-6-43-23(40)29(9-10-29)18-15-33-25(37-21(18)31)35-17-8-13-39(27(42)45-28(3,4)5)20(14-17)36-26-34-16-19(22(32)38-26)30(11-12-30)24(41)44-7-2/h15-17,20H,6-14H2,1-5H3,(H,33,35,37)(H,34,36,38). The van der Waals surface area contributed by atoms with Crippen LogP contribution >= 0.6 is 23.2 Å². The zero-order valence-corrected chi connectivity index (χ0v) is 27.6. The van der Waals surface area contributed by atoms with Crippen LogP contribution in [0, 0.1) is 0 Å². The summed E-state index contributed by atoms with van der Waals surface area (Å²) in [5.74, 6) is -0.157. The summed E-state index contributed by atoms with van der Waals surface area (Å²) in [6, 6.07) is -0.170. The second-order valence-corrected chi connectivity index (χ2v) is 13.3. The smallest absolute Gasteiger partial charge is 0.411 e. The van der Waals surface area contributed by atoms with Gasteiger partial charge in [0.25, 0.3) is 0 Å². The van der Waals surface area contributed by atoms with E-state index in [1.54, 1.807) is 45.7 Å². The van der Waals surface area contributed by atoms with Crippen molar-refractivity contribution in [3.05, 3.63) is 33.8 Å². The van der Waals surface area contributed by atoms with E-state index in [1.165, 1.54) is 6.20 Å². The first-order valence-corrected chi connectivity index (χ1v) is 16.0. The number of nitrogens with zero attached hydrogens (tertiary/aromatic N) is 5. The Labute approximate surface area is 272 Å². The first-order valence-electron chi connectivity index (χ1n) is 15.2. The lowest BCUT2D eigenvalue weighted by molar-refractivity contribution is -0.147. The van der Waals surface area contributed by atoms with E-state index in [0.29, 0.717) is 62.1 Å². The second-order valence-electron chi connectivity index (χ2n) is 12.6. The fourth-order valence-electron chi connectivity index (χ4n) is 5.56. The molecule has 2 aliphatic carbocycles. The summed E-state index contributed by atoms with van der Waals surface area (Å²) in [6.07, 6.45) is 5.51. The van der Waals surface area contributed by atoms with Gasteiger partial charge < -0.3 is 24.8 Å². The number of amides is 1. The summed E-state index contributed by atoms with van der Waals surface area (Å²) in [5, 5.41) is 6.87. The highest BCUT2D eigenvalue weighted by atomic mass is 35.5. The van der Waals surface area contributed by atoms with Crippen LogP contribution in [-0.4, -0.2) is 80.4 Å². The number of ether oxygens (including phenoxy) is 3. The number of hydrogen-bond donors (Lipinski definition) is 2. The molecule has 1 aliphatic heterocycles. The molecule has 2 saturated carbocycles. The van der Waals surface area contributed by atoms with Crippen molar-refractivity contribution >= 4 is 53.1 Å². The average molecular weight is 665 g/mol. The molecule has 244 valence electrons. The third kappa shape index (κ3) is 7.04. The Hall–Kier alpha value is -3.45. The minimum Gasteiger partial charge on any atom is -0.465 e. The molecule has 1 amide bonds. The lowest BCUT2D eigenvalue weighted by Crippen LogP contribution is -2.54. The Morgan fingerprint density at radius 3 is 1.80 bits per heavy atom. The van der Waals surface area contributed by atoms with Gasteiger partial charge in [-0.1, -0.05) is 23.2 Å². The van der Waals surface area contributed by atoms with Gasteiger partial charge in [-0.2, -0.15) is 0 Å². The van der Waals surface area contributed by atoms with Crippen molar-refractivity contribution in [1.82, 2.24) is 24.8 Å². The van der Waals surface area contributed by atoms with E-state index in [2.05, 4.69) is 30.6 Å². The number of esters is 2. The van der Waals surface area contributed by atoms with Gasteiger partial charge in [-0.05, 0) is 66.7 Å². The largest absolute Gasteiger partial charge is 0.465 e. The van der Waals surface area contributed by atoms with Gasteiger partial charge in [0.2, 0.25) is 11.9 Å². The number of nitrogens with one attached hydrogen (secondary N) is 2. The molecule has 5 rings (SSSR count). The van der Waals surface area contributed by atoms with Gasteiger partial charge in [-0.25, -0.2) is 24.7 Å². The highest BCUT2D eigenvalue weighted by Crippen LogP contribution is 2.52. The third-order valence-electron chi connectivity index (χ3n) is 8.21. The number of aromatic nitrogens is 4. The van der Waals surface area contributed by atoms with Crippen LogP contribution in [0.25, 0.3) is 0 Å². The summed E-state index contributed by atoms with van der Waals surface area (Å²) < 4.78 is 16.2. The van der Waals surface area contributed by atoms with Crippen molar-refractivity contribution in [2.75, 3.05) is 30.4 Å². The summed E-state index contributed by atoms with van der Waals surface area (Å²) >= 11 is 13.1. The molecule has 0 aromatic carbocycles. The van der Waals surface area contributed by atoms with Crippen LogP contribution in [0.15, 0.2) is 12.4 Å². The van der Waals surface area contributed by atoms with Crippen molar-refractivity contribution in [2.45, 2.75) is 102 Å². The number of anilines is 2. The number of piperidine rings is 1.